The molecule has 1 N–H and O–H groups in total. The quantitative estimate of drug-likeness (QED) is 0.916. The molecule has 110 valence electrons. The molecule has 4 heteroatoms. The van der Waals surface area contributed by atoms with Crippen LogP contribution in [0.25, 0.3) is 10.9 Å². The number of nitrogens with zero attached hydrogens (tertiary/aromatic N) is 2. The van der Waals surface area contributed by atoms with E-state index in [1.54, 1.807) is 0 Å². The van der Waals surface area contributed by atoms with E-state index in [4.69, 9.17) is 0 Å². The van der Waals surface area contributed by atoms with Crippen LogP contribution in [-0.4, -0.2) is 33.5 Å². The number of carbonyl (C=O) groups is 1. The lowest BCUT2D eigenvalue weighted by Gasteiger charge is -2.27. The first kappa shape index (κ1) is 14.0. The molecule has 0 spiro atoms. The van der Waals surface area contributed by atoms with Crippen molar-refractivity contribution in [2.45, 2.75) is 38.3 Å². The summed E-state index contributed by atoms with van der Waals surface area (Å²) >= 11 is 0. The molecule has 1 aromatic carbocycles. The second-order valence-electron chi connectivity index (χ2n) is 5.72. The average Bonchev–Trinajstić information content (AvgIpc) is 3.01. The van der Waals surface area contributed by atoms with Crippen LogP contribution in [0.4, 0.5) is 0 Å². The Morgan fingerprint density at radius 1 is 1.24 bits per heavy atom. The molecule has 1 heterocycles. The summed E-state index contributed by atoms with van der Waals surface area (Å²) < 4.78 is 0. The van der Waals surface area contributed by atoms with Crippen molar-refractivity contribution in [3.05, 3.63) is 42.1 Å². The Balaban J connectivity index is 1.88. The average molecular weight is 284 g/mol. The summed E-state index contributed by atoms with van der Waals surface area (Å²) in [7, 11) is 0. The van der Waals surface area contributed by atoms with Crippen molar-refractivity contribution in [3.63, 3.8) is 0 Å². The Morgan fingerprint density at radius 3 is 2.76 bits per heavy atom. The van der Waals surface area contributed by atoms with E-state index in [0.29, 0.717) is 12.6 Å². The number of pyridine rings is 1. The molecule has 1 aromatic heterocycles. The maximum atomic E-state index is 11.2. The second kappa shape index (κ2) is 6.22. The Bertz CT molecular complexity index is 630. The van der Waals surface area contributed by atoms with Gasteiger partial charge in [-0.1, -0.05) is 31.0 Å². The van der Waals surface area contributed by atoms with Crippen molar-refractivity contribution in [2.75, 3.05) is 6.54 Å². The zero-order valence-corrected chi connectivity index (χ0v) is 12.0. The van der Waals surface area contributed by atoms with Gasteiger partial charge >= 0.3 is 5.97 Å². The van der Waals surface area contributed by atoms with Gasteiger partial charge in [-0.05, 0) is 30.5 Å². The molecule has 0 atom stereocenters. The molecule has 0 saturated heterocycles. The molecular weight excluding hydrogens is 264 g/mol. The van der Waals surface area contributed by atoms with E-state index in [9.17, 15) is 9.90 Å². The van der Waals surface area contributed by atoms with Crippen LogP contribution in [0.2, 0.25) is 0 Å². The molecule has 0 radical (unpaired) electrons. The van der Waals surface area contributed by atoms with E-state index in [1.165, 1.54) is 12.8 Å². The highest BCUT2D eigenvalue weighted by Crippen LogP contribution is 2.26. The SMILES string of the molecule is O=C(O)CN(Cc1ccnc2ccccc12)C1CCCC1. The van der Waals surface area contributed by atoms with Crippen LogP contribution in [0.3, 0.4) is 0 Å². The van der Waals surface area contributed by atoms with Crippen molar-refractivity contribution in [1.29, 1.82) is 0 Å². The van der Waals surface area contributed by atoms with Gasteiger partial charge in [0.1, 0.15) is 0 Å². The molecule has 1 aliphatic carbocycles. The lowest BCUT2D eigenvalue weighted by atomic mass is 10.1. The Morgan fingerprint density at radius 2 is 2.00 bits per heavy atom. The number of aromatic nitrogens is 1. The van der Waals surface area contributed by atoms with Gasteiger partial charge < -0.3 is 5.11 Å². The third-order valence-electron chi connectivity index (χ3n) is 4.29. The monoisotopic (exact) mass is 284 g/mol. The number of rotatable bonds is 5. The van der Waals surface area contributed by atoms with Crippen LogP contribution >= 0.6 is 0 Å². The fraction of sp³-hybridized carbons (Fsp3) is 0.412. The number of para-hydroxylation sites is 1. The number of hydrogen-bond donors (Lipinski definition) is 1. The van der Waals surface area contributed by atoms with Gasteiger partial charge in [0.25, 0.3) is 0 Å². The number of fused-ring (bicyclic) bond motifs is 1. The fourth-order valence-electron chi connectivity index (χ4n) is 3.27. The van der Waals surface area contributed by atoms with Gasteiger partial charge in [0, 0.05) is 24.2 Å². The van der Waals surface area contributed by atoms with E-state index in [0.717, 1.165) is 29.3 Å². The maximum absolute atomic E-state index is 11.2. The van der Waals surface area contributed by atoms with Gasteiger partial charge in [-0.2, -0.15) is 0 Å². The molecule has 21 heavy (non-hydrogen) atoms. The largest absolute Gasteiger partial charge is 0.480 e. The minimum absolute atomic E-state index is 0.112. The topological polar surface area (TPSA) is 53.4 Å². The Hall–Kier alpha value is -1.94. The number of aliphatic carboxylic acids is 1. The van der Waals surface area contributed by atoms with Gasteiger partial charge in [0.15, 0.2) is 0 Å². The first-order valence-corrected chi connectivity index (χ1v) is 7.52. The number of carboxylic acids is 1. The van der Waals surface area contributed by atoms with Gasteiger partial charge in [0.2, 0.25) is 0 Å². The summed E-state index contributed by atoms with van der Waals surface area (Å²) in [6.07, 6.45) is 6.44. The lowest BCUT2D eigenvalue weighted by molar-refractivity contribution is -0.139. The fourth-order valence-corrected chi connectivity index (χ4v) is 3.27. The number of carboxylic acid groups (broad SMARTS) is 1. The Kier molecular flexibility index (Phi) is 4.15. The van der Waals surface area contributed by atoms with Crippen LogP contribution in [0.5, 0.6) is 0 Å². The molecule has 4 nitrogen and oxygen atoms in total. The minimum Gasteiger partial charge on any atom is -0.480 e. The standard InChI is InChI=1S/C17H20N2O2/c20-17(21)12-19(14-5-1-2-6-14)11-13-9-10-18-16-8-4-3-7-15(13)16/h3-4,7-10,14H,1-2,5-6,11-12H2,(H,20,21). The molecule has 2 aromatic rings. The molecule has 1 saturated carbocycles. The van der Waals surface area contributed by atoms with Crippen molar-refractivity contribution in [2.24, 2.45) is 0 Å². The Labute approximate surface area is 124 Å². The summed E-state index contributed by atoms with van der Waals surface area (Å²) in [5.74, 6) is -0.750. The zero-order valence-electron chi connectivity index (χ0n) is 12.0. The van der Waals surface area contributed by atoms with Crippen molar-refractivity contribution >= 4 is 16.9 Å². The van der Waals surface area contributed by atoms with Crippen LogP contribution in [-0.2, 0) is 11.3 Å². The summed E-state index contributed by atoms with van der Waals surface area (Å²) in [5.41, 5.74) is 2.13. The maximum Gasteiger partial charge on any atom is 0.317 e. The molecule has 1 aliphatic rings. The summed E-state index contributed by atoms with van der Waals surface area (Å²) in [6, 6.07) is 10.4. The van der Waals surface area contributed by atoms with Gasteiger partial charge in [0.05, 0.1) is 12.1 Å². The zero-order chi connectivity index (χ0) is 14.7. The normalized spacial score (nSPS) is 15.9. The highest BCUT2D eigenvalue weighted by Gasteiger charge is 2.24. The molecular formula is C17H20N2O2. The van der Waals surface area contributed by atoms with E-state index >= 15 is 0 Å². The van der Waals surface area contributed by atoms with Crippen LogP contribution < -0.4 is 0 Å². The second-order valence-corrected chi connectivity index (χ2v) is 5.72. The van der Waals surface area contributed by atoms with Crippen molar-refractivity contribution in [1.82, 2.24) is 9.88 Å². The molecule has 0 bridgehead atoms. The van der Waals surface area contributed by atoms with Gasteiger partial charge in [-0.3, -0.25) is 14.7 Å². The van der Waals surface area contributed by atoms with Crippen LogP contribution in [0.1, 0.15) is 31.2 Å². The third kappa shape index (κ3) is 3.22. The number of hydrogen-bond acceptors (Lipinski definition) is 3. The summed E-state index contributed by atoms with van der Waals surface area (Å²) in [6.45, 7) is 0.793. The highest BCUT2D eigenvalue weighted by atomic mass is 16.4. The first-order chi connectivity index (χ1) is 10.2. The van der Waals surface area contributed by atoms with Crippen LogP contribution in [0, 0.1) is 0 Å². The van der Waals surface area contributed by atoms with E-state index in [1.807, 2.05) is 30.5 Å². The van der Waals surface area contributed by atoms with Crippen molar-refractivity contribution in [3.8, 4) is 0 Å². The number of benzene rings is 1. The molecule has 1 fully saturated rings. The lowest BCUT2D eigenvalue weighted by Crippen LogP contribution is -2.37. The minimum atomic E-state index is -0.750. The van der Waals surface area contributed by atoms with Crippen molar-refractivity contribution < 1.29 is 9.90 Å². The van der Waals surface area contributed by atoms with Gasteiger partial charge in [-0.15, -0.1) is 0 Å². The predicted molar refractivity (Wildman–Crippen MR) is 82.0 cm³/mol. The van der Waals surface area contributed by atoms with Crippen LogP contribution in [0.15, 0.2) is 36.5 Å². The van der Waals surface area contributed by atoms with E-state index in [-0.39, 0.29) is 6.54 Å². The third-order valence-corrected chi connectivity index (χ3v) is 4.29. The van der Waals surface area contributed by atoms with E-state index < -0.39 is 5.97 Å². The predicted octanol–water partition coefficient (Wildman–Crippen LogP) is 3.06. The highest BCUT2D eigenvalue weighted by molar-refractivity contribution is 5.81. The first-order valence-electron chi connectivity index (χ1n) is 7.52. The van der Waals surface area contributed by atoms with Gasteiger partial charge in [-0.25, -0.2) is 0 Å². The molecule has 3 rings (SSSR count). The smallest absolute Gasteiger partial charge is 0.317 e. The summed E-state index contributed by atoms with van der Waals surface area (Å²) in [5, 5.41) is 10.3. The molecule has 0 aliphatic heterocycles. The summed E-state index contributed by atoms with van der Waals surface area (Å²) in [4.78, 5) is 17.6. The molecule has 0 unspecified atom stereocenters. The van der Waals surface area contributed by atoms with E-state index in [2.05, 4.69) is 16.0 Å². The molecule has 0 amide bonds.